The van der Waals surface area contributed by atoms with Crippen LogP contribution in [0.25, 0.3) is 22.4 Å². The van der Waals surface area contributed by atoms with Crippen LogP contribution < -0.4 is 11.1 Å². The number of nitrogens with one attached hydrogen (secondary N) is 2. The second kappa shape index (κ2) is 6.03. The second-order valence-corrected chi connectivity index (χ2v) is 6.44. The van der Waals surface area contributed by atoms with Crippen molar-refractivity contribution in [2.75, 3.05) is 5.32 Å². The van der Waals surface area contributed by atoms with Crippen LogP contribution in [0.2, 0.25) is 0 Å². The number of hydrogen-bond acceptors (Lipinski definition) is 5. The molecule has 0 spiro atoms. The van der Waals surface area contributed by atoms with E-state index in [-0.39, 0.29) is 5.91 Å². The van der Waals surface area contributed by atoms with Crippen LogP contribution in [0.4, 0.5) is 5.13 Å². The number of hydrogen-bond donors (Lipinski definition) is 2. The van der Waals surface area contributed by atoms with Crippen molar-refractivity contribution in [3.8, 4) is 11.3 Å². The average Bonchev–Trinajstić information content (AvgIpc) is 3.20. The number of fused-ring (bicyclic) bond motifs is 1. The molecular formula is C18H13N3O3S. The third-order valence-electron chi connectivity index (χ3n) is 3.75. The van der Waals surface area contributed by atoms with Gasteiger partial charge in [-0.1, -0.05) is 17.7 Å². The van der Waals surface area contributed by atoms with Gasteiger partial charge in [0, 0.05) is 16.5 Å². The summed E-state index contributed by atoms with van der Waals surface area (Å²) in [4.78, 5) is 30.5. The number of carbonyl (C=O) groups excluding carboxylic acids is 1. The Hall–Kier alpha value is -3.19. The highest BCUT2D eigenvalue weighted by molar-refractivity contribution is 7.14. The average molecular weight is 351 g/mol. The minimum atomic E-state index is -0.489. The van der Waals surface area contributed by atoms with Crippen molar-refractivity contribution in [2.24, 2.45) is 0 Å². The lowest BCUT2D eigenvalue weighted by molar-refractivity contribution is 0.102. The zero-order valence-corrected chi connectivity index (χ0v) is 14.0. The van der Waals surface area contributed by atoms with Crippen molar-refractivity contribution >= 4 is 33.5 Å². The molecule has 0 aliphatic carbocycles. The summed E-state index contributed by atoms with van der Waals surface area (Å²) in [5.41, 5.74) is 4.34. The lowest BCUT2D eigenvalue weighted by atomic mass is 10.1. The number of H-pyrrole nitrogens is 1. The number of anilines is 1. The molecule has 4 rings (SSSR count). The van der Waals surface area contributed by atoms with E-state index in [1.807, 2.05) is 30.5 Å². The Morgan fingerprint density at radius 1 is 1.20 bits per heavy atom. The smallest absolute Gasteiger partial charge is 0.408 e. The third kappa shape index (κ3) is 3.09. The number of nitrogens with zero attached hydrogens (tertiary/aromatic N) is 1. The molecule has 1 amide bonds. The summed E-state index contributed by atoms with van der Waals surface area (Å²) in [7, 11) is 0. The first-order valence-corrected chi connectivity index (χ1v) is 8.43. The van der Waals surface area contributed by atoms with E-state index in [2.05, 4.69) is 15.3 Å². The molecule has 0 unspecified atom stereocenters. The van der Waals surface area contributed by atoms with Gasteiger partial charge in [-0.25, -0.2) is 9.78 Å². The molecule has 0 aliphatic rings. The molecule has 0 saturated carbocycles. The van der Waals surface area contributed by atoms with E-state index in [1.54, 1.807) is 24.3 Å². The third-order valence-corrected chi connectivity index (χ3v) is 4.51. The fraction of sp³-hybridized carbons (Fsp3) is 0.0556. The number of benzene rings is 2. The van der Waals surface area contributed by atoms with Crippen LogP contribution in [0.15, 0.2) is 57.1 Å². The molecule has 6 nitrogen and oxygen atoms in total. The van der Waals surface area contributed by atoms with Gasteiger partial charge < -0.3 is 4.42 Å². The lowest BCUT2D eigenvalue weighted by Gasteiger charge is -2.02. The molecule has 2 heterocycles. The lowest BCUT2D eigenvalue weighted by Crippen LogP contribution is -2.11. The Labute approximate surface area is 146 Å². The molecule has 0 saturated heterocycles. The number of aromatic amines is 1. The molecule has 0 fully saturated rings. The van der Waals surface area contributed by atoms with Crippen LogP contribution in [0.5, 0.6) is 0 Å². The first-order chi connectivity index (χ1) is 12.1. The Bertz CT molecular complexity index is 1120. The summed E-state index contributed by atoms with van der Waals surface area (Å²) < 4.78 is 4.99. The molecular weight excluding hydrogens is 338 g/mol. The maximum Gasteiger partial charge on any atom is 0.417 e. The number of oxazole rings is 1. The van der Waals surface area contributed by atoms with Gasteiger partial charge in [-0.2, -0.15) is 0 Å². The molecule has 7 heteroatoms. The Morgan fingerprint density at radius 2 is 2.00 bits per heavy atom. The summed E-state index contributed by atoms with van der Waals surface area (Å²) in [6.07, 6.45) is 0. The van der Waals surface area contributed by atoms with Crippen molar-refractivity contribution in [2.45, 2.75) is 6.92 Å². The van der Waals surface area contributed by atoms with Gasteiger partial charge in [0.2, 0.25) is 0 Å². The zero-order chi connectivity index (χ0) is 17.4. The zero-order valence-electron chi connectivity index (χ0n) is 13.2. The van der Waals surface area contributed by atoms with Crippen LogP contribution >= 0.6 is 11.3 Å². The molecule has 25 heavy (non-hydrogen) atoms. The standard InChI is InChI=1S/C18H13N3O3S/c1-10-2-4-11(5-3-10)16(22)21-17-19-14(9-25-17)12-6-7-15-13(8-12)20-18(23)24-15/h2-9H,1H3,(H,20,23)(H,19,21,22). The monoisotopic (exact) mass is 351 g/mol. The van der Waals surface area contributed by atoms with E-state index in [0.29, 0.717) is 27.5 Å². The molecule has 0 aliphatic heterocycles. The Kier molecular flexibility index (Phi) is 3.70. The molecule has 0 radical (unpaired) electrons. The summed E-state index contributed by atoms with van der Waals surface area (Å²) in [6.45, 7) is 1.97. The number of carbonyl (C=O) groups is 1. The number of thiazole rings is 1. The predicted molar refractivity (Wildman–Crippen MR) is 97.1 cm³/mol. The van der Waals surface area contributed by atoms with Gasteiger partial charge >= 0.3 is 5.76 Å². The van der Waals surface area contributed by atoms with Gasteiger partial charge in [-0.15, -0.1) is 11.3 Å². The highest BCUT2D eigenvalue weighted by Crippen LogP contribution is 2.27. The fourth-order valence-electron chi connectivity index (χ4n) is 2.45. The SMILES string of the molecule is Cc1ccc(C(=O)Nc2nc(-c3ccc4oc(=O)[nH]c4c3)cs2)cc1. The van der Waals surface area contributed by atoms with Crippen LogP contribution in [0, 0.1) is 6.92 Å². The van der Waals surface area contributed by atoms with Crippen molar-refractivity contribution in [1.82, 2.24) is 9.97 Å². The largest absolute Gasteiger partial charge is 0.417 e. The molecule has 2 aromatic carbocycles. The first kappa shape index (κ1) is 15.3. The number of aryl methyl sites for hydroxylation is 1. The number of rotatable bonds is 3. The van der Waals surface area contributed by atoms with Gasteiger partial charge in [0.1, 0.15) is 0 Å². The first-order valence-electron chi connectivity index (χ1n) is 7.55. The minimum Gasteiger partial charge on any atom is -0.408 e. The summed E-state index contributed by atoms with van der Waals surface area (Å²) >= 11 is 1.34. The van der Waals surface area contributed by atoms with E-state index >= 15 is 0 Å². The van der Waals surface area contributed by atoms with Crippen LogP contribution in [-0.2, 0) is 0 Å². The molecule has 0 bridgehead atoms. The van der Waals surface area contributed by atoms with Crippen molar-refractivity contribution in [3.05, 3.63) is 69.5 Å². The normalized spacial score (nSPS) is 10.9. The predicted octanol–water partition coefficient (Wildman–Crippen LogP) is 3.81. The number of aromatic nitrogens is 2. The minimum absolute atomic E-state index is 0.199. The van der Waals surface area contributed by atoms with Crippen LogP contribution in [0.3, 0.4) is 0 Å². The van der Waals surface area contributed by atoms with E-state index in [1.165, 1.54) is 11.3 Å². The highest BCUT2D eigenvalue weighted by atomic mass is 32.1. The maximum absolute atomic E-state index is 12.3. The van der Waals surface area contributed by atoms with E-state index in [0.717, 1.165) is 11.1 Å². The highest BCUT2D eigenvalue weighted by Gasteiger charge is 2.11. The van der Waals surface area contributed by atoms with E-state index in [4.69, 9.17) is 4.42 Å². The number of amides is 1. The van der Waals surface area contributed by atoms with E-state index in [9.17, 15) is 9.59 Å². The second-order valence-electron chi connectivity index (χ2n) is 5.58. The quantitative estimate of drug-likeness (QED) is 0.587. The molecule has 4 aromatic rings. The van der Waals surface area contributed by atoms with Gasteiger partial charge in [-0.3, -0.25) is 15.1 Å². The summed E-state index contributed by atoms with van der Waals surface area (Å²) in [5.74, 6) is -0.688. The topological polar surface area (TPSA) is 88.0 Å². The van der Waals surface area contributed by atoms with Crippen molar-refractivity contribution < 1.29 is 9.21 Å². The Morgan fingerprint density at radius 3 is 2.80 bits per heavy atom. The molecule has 2 aromatic heterocycles. The molecule has 0 atom stereocenters. The summed E-state index contributed by atoms with van der Waals surface area (Å²) in [6, 6.07) is 12.7. The van der Waals surface area contributed by atoms with E-state index < -0.39 is 5.76 Å². The molecule has 2 N–H and O–H groups in total. The fourth-order valence-corrected chi connectivity index (χ4v) is 3.16. The Balaban J connectivity index is 1.57. The van der Waals surface area contributed by atoms with Crippen molar-refractivity contribution in [1.29, 1.82) is 0 Å². The van der Waals surface area contributed by atoms with Gasteiger partial charge in [0.25, 0.3) is 5.91 Å². The summed E-state index contributed by atoms with van der Waals surface area (Å²) in [5, 5.41) is 5.17. The van der Waals surface area contributed by atoms with Crippen LogP contribution in [-0.4, -0.2) is 15.9 Å². The van der Waals surface area contributed by atoms with Gasteiger partial charge in [0.15, 0.2) is 10.7 Å². The van der Waals surface area contributed by atoms with Gasteiger partial charge in [0.05, 0.1) is 11.2 Å². The molecule has 124 valence electrons. The van der Waals surface area contributed by atoms with Crippen LogP contribution in [0.1, 0.15) is 15.9 Å². The van der Waals surface area contributed by atoms with Gasteiger partial charge in [-0.05, 0) is 37.3 Å². The van der Waals surface area contributed by atoms with Crippen molar-refractivity contribution in [3.63, 3.8) is 0 Å². The maximum atomic E-state index is 12.3.